The van der Waals surface area contributed by atoms with Gasteiger partial charge in [0.15, 0.2) is 0 Å². The SMILES string of the molecule is c1ccc(CN2CCOC[C@@H]2c2nccc(NC3CCOCC3)n2)nc1. The van der Waals surface area contributed by atoms with E-state index in [9.17, 15) is 0 Å². The van der Waals surface area contributed by atoms with Crippen LogP contribution < -0.4 is 5.32 Å². The summed E-state index contributed by atoms with van der Waals surface area (Å²) < 4.78 is 11.1. The Morgan fingerprint density at radius 2 is 1.96 bits per heavy atom. The van der Waals surface area contributed by atoms with Crippen molar-refractivity contribution in [3.8, 4) is 0 Å². The van der Waals surface area contributed by atoms with Crippen molar-refractivity contribution in [3.63, 3.8) is 0 Å². The standard InChI is InChI=1S/C19H25N5O2/c1-2-7-20-16(3-1)13-24-9-12-26-14-17(24)19-21-8-4-18(23-19)22-15-5-10-25-11-6-15/h1-4,7-8,15,17H,5-6,9-14H2,(H,21,22,23)/t17-/m1/s1. The summed E-state index contributed by atoms with van der Waals surface area (Å²) >= 11 is 0. The second-order valence-corrected chi connectivity index (χ2v) is 6.71. The summed E-state index contributed by atoms with van der Waals surface area (Å²) in [6, 6.07) is 8.41. The Kier molecular flexibility index (Phi) is 5.68. The fraction of sp³-hybridized carbons (Fsp3) is 0.526. The first-order valence-corrected chi connectivity index (χ1v) is 9.27. The lowest BCUT2D eigenvalue weighted by Crippen LogP contribution is -2.40. The van der Waals surface area contributed by atoms with Gasteiger partial charge in [0, 0.05) is 44.7 Å². The molecule has 7 heteroatoms. The lowest BCUT2D eigenvalue weighted by atomic mass is 10.1. The molecule has 0 saturated carbocycles. The van der Waals surface area contributed by atoms with Gasteiger partial charge in [-0.25, -0.2) is 9.97 Å². The summed E-state index contributed by atoms with van der Waals surface area (Å²) in [5, 5.41) is 3.52. The van der Waals surface area contributed by atoms with Crippen LogP contribution in [0.3, 0.4) is 0 Å². The Morgan fingerprint density at radius 3 is 2.81 bits per heavy atom. The van der Waals surface area contributed by atoms with Gasteiger partial charge in [0.1, 0.15) is 11.6 Å². The molecule has 0 aliphatic carbocycles. The molecule has 1 N–H and O–H groups in total. The second kappa shape index (κ2) is 8.53. The zero-order valence-electron chi connectivity index (χ0n) is 14.9. The summed E-state index contributed by atoms with van der Waals surface area (Å²) in [6.45, 7) is 4.57. The number of nitrogens with zero attached hydrogens (tertiary/aromatic N) is 4. The minimum Gasteiger partial charge on any atom is -0.381 e. The Balaban J connectivity index is 1.47. The van der Waals surface area contributed by atoms with Crippen molar-refractivity contribution in [1.29, 1.82) is 0 Å². The van der Waals surface area contributed by atoms with Crippen molar-refractivity contribution in [2.24, 2.45) is 0 Å². The Bertz CT molecular complexity index is 693. The number of hydrogen-bond donors (Lipinski definition) is 1. The van der Waals surface area contributed by atoms with Gasteiger partial charge in [-0.05, 0) is 31.0 Å². The third kappa shape index (κ3) is 4.35. The molecule has 4 heterocycles. The van der Waals surface area contributed by atoms with Crippen LogP contribution in [0.25, 0.3) is 0 Å². The van der Waals surface area contributed by atoms with Crippen molar-refractivity contribution in [2.75, 3.05) is 38.3 Å². The summed E-state index contributed by atoms with van der Waals surface area (Å²) in [6.07, 6.45) is 5.69. The molecule has 7 nitrogen and oxygen atoms in total. The van der Waals surface area contributed by atoms with Gasteiger partial charge in [0.25, 0.3) is 0 Å². The van der Waals surface area contributed by atoms with Crippen LogP contribution in [0.15, 0.2) is 36.7 Å². The molecule has 0 amide bonds. The minimum atomic E-state index is 0.0437. The van der Waals surface area contributed by atoms with Gasteiger partial charge < -0.3 is 14.8 Å². The highest BCUT2D eigenvalue weighted by molar-refractivity contribution is 5.34. The van der Waals surface area contributed by atoms with Crippen LogP contribution in [0.5, 0.6) is 0 Å². The Labute approximate surface area is 153 Å². The van der Waals surface area contributed by atoms with Crippen molar-refractivity contribution in [3.05, 3.63) is 48.2 Å². The van der Waals surface area contributed by atoms with E-state index in [0.29, 0.717) is 12.6 Å². The quantitative estimate of drug-likeness (QED) is 0.880. The maximum absolute atomic E-state index is 5.72. The number of anilines is 1. The highest BCUT2D eigenvalue weighted by atomic mass is 16.5. The van der Waals surface area contributed by atoms with Crippen molar-refractivity contribution >= 4 is 5.82 Å². The molecule has 26 heavy (non-hydrogen) atoms. The first kappa shape index (κ1) is 17.3. The molecule has 2 aliphatic heterocycles. The van der Waals surface area contributed by atoms with E-state index < -0.39 is 0 Å². The summed E-state index contributed by atoms with van der Waals surface area (Å²) in [4.78, 5) is 16.1. The molecule has 1 atom stereocenters. The molecule has 2 saturated heterocycles. The smallest absolute Gasteiger partial charge is 0.150 e. The van der Waals surface area contributed by atoms with E-state index in [-0.39, 0.29) is 6.04 Å². The first-order chi connectivity index (χ1) is 12.9. The minimum absolute atomic E-state index is 0.0437. The monoisotopic (exact) mass is 355 g/mol. The van der Waals surface area contributed by atoms with E-state index in [1.807, 2.05) is 30.6 Å². The number of aromatic nitrogens is 3. The van der Waals surface area contributed by atoms with E-state index in [0.717, 1.165) is 63.1 Å². The molecule has 2 fully saturated rings. The van der Waals surface area contributed by atoms with E-state index >= 15 is 0 Å². The average molecular weight is 355 g/mol. The first-order valence-electron chi connectivity index (χ1n) is 9.27. The number of rotatable bonds is 5. The summed E-state index contributed by atoms with van der Waals surface area (Å²) in [7, 11) is 0. The largest absolute Gasteiger partial charge is 0.381 e. The van der Waals surface area contributed by atoms with Crippen LogP contribution >= 0.6 is 0 Å². The van der Waals surface area contributed by atoms with Crippen molar-refractivity contribution in [2.45, 2.75) is 31.5 Å². The molecule has 2 aliphatic rings. The maximum atomic E-state index is 5.72. The van der Waals surface area contributed by atoms with E-state index in [2.05, 4.69) is 26.3 Å². The van der Waals surface area contributed by atoms with Gasteiger partial charge in [0.2, 0.25) is 0 Å². The fourth-order valence-electron chi connectivity index (χ4n) is 3.43. The van der Waals surface area contributed by atoms with Crippen LogP contribution in [0, 0.1) is 0 Å². The van der Waals surface area contributed by atoms with Crippen molar-refractivity contribution < 1.29 is 9.47 Å². The molecular weight excluding hydrogens is 330 g/mol. The highest BCUT2D eigenvalue weighted by Gasteiger charge is 2.27. The zero-order chi connectivity index (χ0) is 17.6. The molecule has 2 aromatic rings. The Hall–Kier alpha value is -2.09. The topological polar surface area (TPSA) is 72.4 Å². The third-order valence-electron chi connectivity index (χ3n) is 4.88. The molecule has 0 bridgehead atoms. The second-order valence-electron chi connectivity index (χ2n) is 6.71. The lowest BCUT2D eigenvalue weighted by Gasteiger charge is -2.34. The molecule has 0 aromatic carbocycles. The van der Waals surface area contributed by atoms with Gasteiger partial charge in [-0.2, -0.15) is 0 Å². The Morgan fingerprint density at radius 1 is 1.04 bits per heavy atom. The van der Waals surface area contributed by atoms with Crippen LogP contribution in [0.1, 0.15) is 30.4 Å². The van der Waals surface area contributed by atoms with Crippen LogP contribution in [0.2, 0.25) is 0 Å². The molecule has 4 rings (SSSR count). The predicted molar refractivity (Wildman–Crippen MR) is 97.7 cm³/mol. The normalized spacial score (nSPS) is 22.2. The zero-order valence-corrected chi connectivity index (χ0v) is 14.9. The van der Waals surface area contributed by atoms with Gasteiger partial charge in [-0.3, -0.25) is 9.88 Å². The summed E-state index contributed by atoms with van der Waals surface area (Å²) in [5.41, 5.74) is 1.05. The summed E-state index contributed by atoms with van der Waals surface area (Å²) in [5.74, 6) is 1.68. The van der Waals surface area contributed by atoms with E-state index in [1.165, 1.54) is 0 Å². The molecule has 2 aromatic heterocycles. The highest BCUT2D eigenvalue weighted by Crippen LogP contribution is 2.24. The molecule has 0 unspecified atom stereocenters. The van der Waals surface area contributed by atoms with E-state index in [4.69, 9.17) is 14.5 Å². The van der Waals surface area contributed by atoms with Gasteiger partial charge >= 0.3 is 0 Å². The lowest BCUT2D eigenvalue weighted by molar-refractivity contribution is -0.0164. The molecule has 138 valence electrons. The number of pyridine rings is 1. The van der Waals surface area contributed by atoms with Crippen LogP contribution in [-0.4, -0.2) is 58.9 Å². The van der Waals surface area contributed by atoms with Gasteiger partial charge in [0.05, 0.1) is 24.9 Å². The third-order valence-corrected chi connectivity index (χ3v) is 4.88. The maximum Gasteiger partial charge on any atom is 0.150 e. The predicted octanol–water partition coefficient (Wildman–Crippen LogP) is 2.04. The fourth-order valence-corrected chi connectivity index (χ4v) is 3.43. The number of nitrogens with one attached hydrogen (secondary N) is 1. The number of hydrogen-bond acceptors (Lipinski definition) is 7. The molecule has 0 radical (unpaired) electrons. The van der Waals surface area contributed by atoms with Crippen LogP contribution in [-0.2, 0) is 16.0 Å². The molecule has 0 spiro atoms. The number of ether oxygens (including phenoxy) is 2. The van der Waals surface area contributed by atoms with Crippen LogP contribution in [0.4, 0.5) is 5.82 Å². The molecular formula is C19H25N5O2. The van der Waals surface area contributed by atoms with Gasteiger partial charge in [-0.1, -0.05) is 6.07 Å². The van der Waals surface area contributed by atoms with Crippen molar-refractivity contribution in [1.82, 2.24) is 19.9 Å². The van der Waals surface area contributed by atoms with E-state index in [1.54, 1.807) is 0 Å². The number of morpholine rings is 1. The van der Waals surface area contributed by atoms with Gasteiger partial charge in [-0.15, -0.1) is 0 Å². The average Bonchev–Trinajstić information content (AvgIpc) is 2.70.